The summed E-state index contributed by atoms with van der Waals surface area (Å²) in [6.07, 6.45) is 1.11. The van der Waals surface area contributed by atoms with Gasteiger partial charge in [-0.15, -0.1) is 0 Å². The maximum absolute atomic E-state index is 3.55. The monoisotopic (exact) mass is 245 g/mol. The number of benzene rings is 1. The predicted octanol–water partition coefficient (Wildman–Crippen LogP) is 4.16. The Morgan fingerprint density at radius 2 is 1.88 bits per heavy atom. The van der Waals surface area contributed by atoms with E-state index in [9.17, 15) is 0 Å². The fraction of sp³-hybridized carbons (Fsp3) is 0.333. The maximum atomic E-state index is 3.55. The smallest absolute Gasteiger partial charge is 0.0294 e. The molecule has 1 N–H and O–H groups in total. The number of rotatable bonds is 5. The highest BCUT2D eigenvalue weighted by Crippen LogP contribution is 2.15. The first kappa shape index (κ1) is 12.3. The van der Waals surface area contributed by atoms with E-state index < -0.39 is 0 Å². The van der Waals surface area contributed by atoms with Crippen LogP contribution in [0.25, 0.3) is 0 Å². The highest BCUT2D eigenvalue weighted by molar-refractivity contribution is 7.07. The van der Waals surface area contributed by atoms with Gasteiger partial charge in [0.25, 0.3) is 0 Å². The zero-order valence-corrected chi connectivity index (χ0v) is 11.3. The van der Waals surface area contributed by atoms with Gasteiger partial charge in [0.2, 0.25) is 0 Å². The first-order valence-corrected chi connectivity index (χ1v) is 7.07. The lowest BCUT2D eigenvalue weighted by molar-refractivity contribution is 0.575. The van der Waals surface area contributed by atoms with Gasteiger partial charge in [0, 0.05) is 12.6 Å². The average molecular weight is 245 g/mol. The molecule has 0 amide bonds. The number of thiophene rings is 1. The fourth-order valence-corrected chi connectivity index (χ4v) is 2.49. The fourth-order valence-electron chi connectivity index (χ4n) is 1.82. The molecule has 0 spiro atoms. The van der Waals surface area contributed by atoms with E-state index in [1.165, 1.54) is 16.7 Å². The molecular formula is C15H19NS. The van der Waals surface area contributed by atoms with Crippen LogP contribution < -0.4 is 5.32 Å². The highest BCUT2D eigenvalue weighted by atomic mass is 32.1. The third-order valence-corrected chi connectivity index (χ3v) is 3.81. The van der Waals surface area contributed by atoms with Gasteiger partial charge < -0.3 is 5.32 Å². The molecular weight excluding hydrogens is 226 g/mol. The normalized spacial score (nSPS) is 12.6. The van der Waals surface area contributed by atoms with Crippen LogP contribution in [0.1, 0.15) is 36.6 Å². The van der Waals surface area contributed by atoms with Crippen molar-refractivity contribution in [2.45, 2.75) is 32.9 Å². The molecule has 1 atom stereocenters. The van der Waals surface area contributed by atoms with Crippen LogP contribution in [-0.4, -0.2) is 0 Å². The Morgan fingerprint density at radius 1 is 1.12 bits per heavy atom. The van der Waals surface area contributed by atoms with E-state index in [-0.39, 0.29) is 0 Å². The number of nitrogens with one attached hydrogen (secondary N) is 1. The largest absolute Gasteiger partial charge is 0.306 e. The van der Waals surface area contributed by atoms with Gasteiger partial charge in [-0.25, -0.2) is 0 Å². The third kappa shape index (κ3) is 3.42. The van der Waals surface area contributed by atoms with Crippen LogP contribution in [0.3, 0.4) is 0 Å². The topological polar surface area (TPSA) is 12.0 Å². The first-order valence-electron chi connectivity index (χ1n) is 6.13. The van der Waals surface area contributed by atoms with Crippen molar-refractivity contribution in [3.8, 4) is 0 Å². The average Bonchev–Trinajstić information content (AvgIpc) is 2.89. The minimum atomic E-state index is 0.404. The van der Waals surface area contributed by atoms with E-state index in [0.717, 1.165) is 13.0 Å². The van der Waals surface area contributed by atoms with Crippen molar-refractivity contribution >= 4 is 11.3 Å². The van der Waals surface area contributed by atoms with Gasteiger partial charge in [0.15, 0.2) is 0 Å². The Hall–Kier alpha value is -1.12. The van der Waals surface area contributed by atoms with Crippen molar-refractivity contribution in [3.05, 3.63) is 57.8 Å². The Morgan fingerprint density at radius 3 is 2.47 bits per heavy atom. The van der Waals surface area contributed by atoms with Crippen LogP contribution in [0.2, 0.25) is 0 Å². The Kier molecular flexibility index (Phi) is 4.35. The van der Waals surface area contributed by atoms with Crippen molar-refractivity contribution in [2.75, 3.05) is 0 Å². The van der Waals surface area contributed by atoms with E-state index in [1.54, 1.807) is 11.3 Å². The Labute approximate surface area is 108 Å². The lowest BCUT2D eigenvalue weighted by Gasteiger charge is -2.14. The standard InChI is InChI=1S/C15H19NS/c1-3-13-4-6-15(7-5-13)12(2)16-10-14-8-9-17-11-14/h4-9,11-12,16H,3,10H2,1-2H3. The van der Waals surface area contributed by atoms with Gasteiger partial charge in [-0.1, -0.05) is 31.2 Å². The van der Waals surface area contributed by atoms with Crippen LogP contribution in [0.5, 0.6) is 0 Å². The molecule has 0 radical (unpaired) electrons. The second-order valence-corrected chi connectivity index (χ2v) is 5.11. The van der Waals surface area contributed by atoms with Gasteiger partial charge in [-0.2, -0.15) is 11.3 Å². The molecule has 1 heterocycles. The van der Waals surface area contributed by atoms with Crippen LogP contribution in [0.15, 0.2) is 41.1 Å². The maximum Gasteiger partial charge on any atom is 0.0294 e. The van der Waals surface area contributed by atoms with Gasteiger partial charge in [0.1, 0.15) is 0 Å². The molecule has 1 unspecified atom stereocenters. The predicted molar refractivity (Wildman–Crippen MR) is 75.4 cm³/mol. The second-order valence-electron chi connectivity index (χ2n) is 4.33. The summed E-state index contributed by atoms with van der Waals surface area (Å²) in [4.78, 5) is 0. The quantitative estimate of drug-likeness (QED) is 0.834. The van der Waals surface area contributed by atoms with Gasteiger partial charge >= 0.3 is 0 Å². The van der Waals surface area contributed by atoms with E-state index >= 15 is 0 Å². The van der Waals surface area contributed by atoms with Crippen molar-refractivity contribution in [1.82, 2.24) is 5.32 Å². The number of hydrogen-bond donors (Lipinski definition) is 1. The van der Waals surface area contributed by atoms with Crippen molar-refractivity contribution in [1.29, 1.82) is 0 Å². The van der Waals surface area contributed by atoms with Gasteiger partial charge in [-0.3, -0.25) is 0 Å². The minimum absolute atomic E-state index is 0.404. The molecule has 0 aliphatic heterocycles. The van der Waals surface area contributed by atoms with E-state index in [1.807, 2.05) is 0 Å². The number of hydrogen-bond acceptors (Lipinski definition) is 2. The Balaban J connectivity index is 1.92. The second kappa shape index (κ2) is 5.99. The summed E-state index contributed by atoms with van der Waals surface area (Å²) in [6, 6.07) is 11.5. The van der Waals surface area contributed by atoms with Crippen molar-refractivity contribution in [2.24, 2.45) is 0 Å². The van der Waals surface area contributed by atoms with Crippen LogP contribution in [-0.2, 0) is 13.0 Å². The van der Waals surface area contributed by atoms with Gasteiger partial charge in [-0.05, 0) is 46.9 Å². The van der Waals surface area contributed by atoms with Crippen LogP contribution in [0, 0.1) is 0 Å². The first-order chi connectivity index (χ1) is 8.29. The minimum Gasteiger partial charge on any atom is -0.306 e. The summed E-state index contributed by atoms with van der Waals surface area (Å²) < 4.78 is 0. The summed E-state index contributed by atoms with van der Waals surface area (Å²) in [5.74, 6) is 0. The highest BCUT2D eigenvalue weighted by Gasteiger charge is 2.04. The molecule has 0 saturated carbocycles. The molecule has 0 bridgehead atoms. The van der Waals surface area contributed by atoms with E-state index in [0.29, 0.717) is 6.04 Å². The number of aryl methyl sites for hydroxylation is 1. The van der Waals surface area contributed by atoms with Gasteiger partial charge in [0.05, 0.1) is 0 Å². The SMILES string of the molecule is CCc1ccc(C(C)NCc2ccsc2)cc1. The van der Waals surface area contributed by atoms with Crippen molar-refractivity contribution < 1.29 is 0 Å². The molecule has 1 aromatic heterocycles. The molecule has 17 heavy (non-hydrogen) atoms. The summed E-state index contributed by atoms with van der Waals surface area (Å²) in [5.41, 5.74) is 4.13. The molecule has 2 heteroatoms. The molecule has 1 nitrogen and oxygen atoms in total. The third-order valence-electron chi connectivity index (χ3n) is 3.08. The molecule has 2 rings (SSSR count). The van der Waals surface area contributed by atoms with Crippen molar-refractivity contribution in [3.63, 3.8) is 0 Å². The van der Waals surface area contributed by atoms with Crippen LogP contribution >= 0.6 is 11.3 Å². The van der Waals surface area contributed by atoms with E-state index in [4.69, 9.17) is 0 Å². The molecule has 0 aliphatic carbocycles. The molecule has 0 aliphatic rings. The summed E-state index contributed by atoms with van der Waals surface area (Å²) in [5, 5.41) is 7.86. The zero-order valence-electron chi connectivity index (χ0n) is 10.4. The lowest BCUT2D eigenvalue weighted by atomic mass is 10.0. The molecule has 2 aromatic rings. The zero-order chi connectivity index (χ0) is 12.1. The molecule has 0 fully saturated rings. The van der Waals surface area contributed by atoms with E-state index in [2.05, 4.69) is 60.3 Å². The molecule has 1 aromatic carbocycles. The summed E-state index contributed by atoms with van der Waals surface area (Å²) >= 11 is 1.75. The molecule has 90 valence electrons. The summed E-state index contributed by atoms with van der Waals surface area (Å²) in [6.45, 7) is 5.35. The Bertz CT molecular complexity index is 430. The molecule has 0 saturated heterocycles. The lowest BCUT2D eigenvalue weighted by Crippen LogP contribution is -2.17. The summed E-state index contributed by atoms with van der Waals surface area (Å²) in [7, 11) is 0. The van der Waals surface area contributed by atoms with Crippen LogP contribution in [0.4, 0.5) is 0 Å².